The van der Waals surface area contributed by atoms with E-state index >= 15 is 0 Å². The zero-order chi connectivity index (χ0) is 12.1. The lowest BCUT2D eigenvalue weighted by Gasteiger charge is -2.17. The summed E-state index contributed by atoms with van der Waals surface area (Å²) >= 11 is 0. The Balaban J connectivity index is 0.00000256. The number of benzene rings is 1. The third kappa shape index (κ3) is 4.36. The molecule has 0 saturated heterocycles. The van der Waals surface area contributed by atoms with Crippen molar-refractivity contribution in [3.8, 4) is 0 Å². The quantitative estimate of drug-likeness (QED) is 0.844. The highest BCUT2D eigenvalue weighted by Gasteiger charge is 2.16. The number of hydrogen-bond acceptors (Lipinski definition) is 3. The van der Waals surface area contributed by atoms with Crippen LogP contribution in [0.1, 0.15) is 42.2 Å². The Morgan fingerprint density at radius 3 is 2.47 bits per heavy atom. The number of ether oxygens (including phenoxy) is 1. The predicted octanol–water partition coefficient (Wildman–Crippen LogP) is 2.94. The predicted molar refractivity (Wildman–Crippen MR) is 71.4 cm³/mol. The first-order valence-corrected chi connectivity index (χ1v) is 5.49. The lowest BCUT2D eigenvalue weighted by molar-refractivity contribution is 0.0598. The molecular weight excluding hydrogens is 238 g/mol. The number of carbonyl (C=O) groups excluding carboxylic acids is 1. The number of hydrogen-bond donors (Lipinski definition) is 1. The summed E-state index contributed by atoms with van der Waals surface area (Å²) in [6, 6.07) is 7.23. The van der Waals surface area contributed by atoms with E-state index in [1.165, 1.54) is 7.11 Å². The summed E-state index contributed by atoms with van der Waals surface area (Å²) < 4.78 is 4.74. The van der Waals surface area contributed by atoms with Crippen LogP contribution in [0, 0.1) is 5.92 Å². The third-order valence-electron chi connectivity index (χ3n) is 2.49. The van der Waals surface area contributed by atoms with E-state index in [0.29, 0.717) is 11.5 Å². The lowest BCUT2D eigenvalue weighted by Crippen LogP contribution is -2.17. The summed E-state index contributed by atoms with van der Waals surface area (Å²) in [6.07, 6.45) is 0.855. The molecule has 0 fully saturated rings. The minimum absolute atomic E-state index is 0. The van der Waals surface area contributed by atoms with Gasteiger partial charge in [0.25, 0.3) is 0 Å². The van der Waals surface area contributed by atoms with Crippen LogP contribution in [0.3, 0.4) is 0 Å². The van der Waals surface area contributed by atoms with E-state index in [1.54, 1.807) is 6.07 Å². The largest absolute Gasteiger partial charge is 0.465 e. The Hall–Kier alpha value is -1.06. The van der Waals surface area contributed by atoms with Gasteiger partial charge in [-0.25, -0.2) is 4.79 Å². The van der Waals surface area contributed by atoms with Crippen molar-refractivity contribution >= 4 is 18.4 Å². The van der Waals surface area contributed by atoms with Crippen molar-refractivity contribution in [3.05, 3.63) is 35.4 Å². The minimum atomic E-state index is -0.324. The van der Waals surface area contributed by atoms with Crippen molar-refractivity contribution in [1.82, 2.24) is 0 Å². The average Bonchev–Trinajstić information content (AvgIpc) is 2.27. The van der Waals surface area contributed by atoms with Crippen molar-refractivity contribution < 1.29 is 9.53 Å². The van der Waals surface area contributed by atoms with Gasteiger partial charge in [0.05, 0.1) is 12.7 Å². The van der Waals surface area contributed by atoms with Crippen LogP contribution in [0.2, 0.25) is 0 Å². The van der Waals surface area contributed by atoms with Crippen molar-refractivity contribution in [1.29, 1.82) is 0 Å². The maximum atomic E-state index is 11.5. The normalized spacial score (nSPS) is 11.8. The smallest absolute Gasteiger partial charge is 0.338 e. The van der Waals surface area contributed by atoms with Crippen LogP contribution in [0.15, 0.2) is 24.3 Å². The van der Waals surface area contributed by atoms with Gasteiger partial charge >= 0.3 is 5.97 Å². The van der Waals surface area contributed by atoms with E-state index in [0.717, 1.165) is 12.0 Å². The summed E-state index contributed by atoms with van der Waals surface area (Å²) in [5.41, 5.74) is 7.51. The highest BCUT2D eigenvalue weighted by atomic mass is 35.5. The fourth-order valence-electron chi connectivity index (χ4n) is 1.75. The zero-order valence-electron chi connectivity index (χ0n) is 10.5. The van der Waals surface area contributed by atoms with E-state index in [1.807, 2.05) is 18.2 Å². The lowest BCUT2D eigenvalue weighted by atomic mass is 9.94. The summed E-state index contributed by atoms with van der Waals surface area (Å²) in [4.78, 5) is 11.5. The number of methoxy groups -OCH3 is 1. The molecule has 4 heteroatoms. The molecule has 2 N–H and O–H groups in total. The number of rotatable bonds is 4. The van der Waals surface area contributed by atoms with Gasteiger partial charge in [0.2, 0.25) is 0 Å². The number of halogens is 1. The van der Waals surface area contributed by atoms with Gasteiger partial charge in [-0.15, -0.1) is 12.4 Å². The number of esters is 1. The SMILES string of the molecule is COC(=O)c1ccccc1[C@H](N)CC(C)C.Cl. The first-order valence-electron chi connectivity index (χ1n) is 5.49. The fourth-order valence-corrected chi connectivity index (χ4v) is 1.75. The van der Waals surface area contributed by atoms with Crippen LogP contribution >= 0.6 is 12.4 Å². The molecule has 3 nitrogen and oxygen atoms in total. The molecule has 0 aliphatic heterocycles. The Morgan fingerprint density at radius 1 is 1.35 bits per heavy atom. The van der Waals surface area contributed by atoms with Crippen LogP contribution in [0.4, 0.5) is 0 Å². The van der Waals surface area contributed by atoms with Crippen LogP contribution in [-0.2, 0) is 4.74 Å². The zero-order valence-corrected chi connectivity index (χ0v) is 11.3. The van der Waals surface area contributed by atoms with E-state index < -0.39 is 0 Å². The van der Waals surface area contributed by atoms with Crippen LogP contribution in [0.5, 0.6) is 0 Å². The molecule has 96 valence electrons. The first-order chi connectivity index (χ1) is 7.56. The highest BCUT2D eigenvalue weighted by Crippen LogP contribution is 2.22. The second-order valence-electron chi connectivity index (χ2n) is 4.31. The van der Waals surface area contributed by atoms with Gasteiger partial charge in [0.1, 0.15) is 0 Å². The molecule has 1 atom stereocenters. The molecule has 0 aromatic heterocycles. The first kappa shape index (κ1) is 15.9. The van der Waals surface area contributed by atoms with Crippen LogP contribution in [0.25, 0.3) is 0 Å². The maximum Gasteiger partial charge on any atom is 0.338 e. The summed E-state index contributed by atoms with van der Waals surface area (Å²) in [5, 5.41) is 0. The molecule has 0 unspecified atom stereocenters. The van der Waals surface area contributed by atoms with Gasteiger partial charge in [0.15, 0.2) is 0 Å². The van der Waals surface area contributed by atoms with Gasteiger partial charge in [-0.1, -0.05) is 32.0 Å². The maximum absolute atomic E-state index is 11.5. The molecule has 1 aromatic carbocycles. The molecule has 0 bridgehead atoms. The van der Waals surface area contributed by atoms with E-state index in [9.17, 15) is 4.79 Å². The van der Waals surface area contributed by atoms with Gasteiger partial charge < -0.3 is 10.5 Å². The molecule has 0 aliphatic carbocycles. The van der Waals surface area contributed by atoms with Crippen molar-refractivity contribution in [2.24, 2.45) is 11.7 Å². The molecule has 0 spiro atoms. The van der Waals surface area contributed by atoms with E-state index in [-0.39, 0.29) is 24.4 Å². The average molecular weight is 258 g/mol. The molecule has 0 heterocycles. The standard InChI is InChI=1S/C13H19NO2.ClH/c1-9(2)8-12(14)10-6-4-5-7-11(10)13(15)16-3;/h4-7,9,12H,8,14H2,1-3H3;1H/t12-;/m1./s1. The molecule has 0 saturated carbocycles. The molecule has 0 radical (unpaired) electrons. The molecule has 0 aliphatic rings. The Bertz CT molecular complexity index is 366. The van der Waals surface area contributed by atoms with Gasteiger partial charge in [-0.3, -0.25) is 0 Å². The monoisotopic (exact) mass is 257 g/mol. The minimum Gasteiger partial charge on any atom is -0.465 e. The molecular formula is C13H20ClNO2. The Labute approximate surface area is 109 Å². The summed E-state index contributed by atoms with van der Waals surface area (Å²) in [7, 11) is 1.38. The number of nitrogens with two attached hydrogens (primary N) is 1. The van der Waals surface area contributed by atoms with E-state index in [4.69, 9.17) is 10.5 Å². The van der Waals surface area contributed by atoms with Crippen molar-refractivity contribution in [2.45, 2.75) is 26.3 Å². The second kappa shape index (κ2) is 7.30. The third-order valence-corrected chi connectivity index (χ3v) is 2.49. The Kier molecular flexibility index (Phi) is 6.85. The van der Waals surface area contributed by atoms with Crippen molar-refractivity contribution in [2.75, 3.05) is 7.11 Å². The Morgan fingerprint density at radius 2 is 1.94 bits per heavy atom. The molecule has 1 rings (SSSR count). The van der Waals surface area contributed by atoms with Crippen molar-refractivity contribution in [3.63, 3.8) is 0 Å². The van der Waals surface area contributed by atoms with Gasteiger partial charge in [-0.2, -0.15) is 0 Å². The second-order valence-corrected chi connectivity index (χ2v) is 4.31. The van der Waals surface area contributed by atoms with Gasteiger partial charge in [0, 0.05) is 6.04 Å². The molecule has 1 aromatic rings. The molecule has 17 heavy (non-hydrogen) atoms. The van der Waals surface area contributed by atoms with Crippen LogP contribution in [-0.4, -0.2) is 13.1 Å². The molecule has 0 amide bonds. The van der Waals surface area contributed by atoms with Crippen LogP contribution < -0.4 is 5.73 Å². The van der Waals surface area contributed by atoms with E-state index in [2.05, 4.69) is 13.8 Å². The fraction of sp³-hybridized carbons (Fsp3) is 0.462. The topological polar surface area (TPSA) is 52.3 Å². The number of carbonyl (C=O) groups is 1. The highest BCUT2D eigenvalue weighted by molar-refractivity contribution is 5.91. The summed E-state index contributed by atoms with van der Waals surface area (Å²) in [5.74, 6) is 0.176. The van der Waals surface area contributed by atoms with Gasteiger partial charge in [-0.05, 0) is 24.0 Å². The summed E-state index contributed by atoms with van der Waals surface area (Å²) in [6.45, 7) is 4.22.